The molecule has 1 heterocycles. The minimum absolute atomic E-state index is 0.159. The van der Waals surface area contributed by atoms with Crippen LogP contribution in [0.25, 0.3) is 11.3 Å². The van der Waals surface area contributed by atoms with Gasteiger partial charge in [-0.25, -0.2) is 19.6 Å². The Balaban J connectivity index is 2.01. The smallest absolute Gasteiger partial charge is 0.337 e. The zero-order valence-electron chi connectivity index (χ0n) is 27.0. The number of carbonyl (C=O) groups is 5. The first-order valence-electron chi connectivity index (χ1n) is 16.2. The van der Waals surface area contributed by atoms with E-state index in [4.69, 9.17) is 0 Å². The Kier molecular flexibility index (Phi) is 17.0. The summed E-state index contributed by atoms with van der Waals surface area (Å²) in [4.78, 5) is 69.0. The SMILES string of the molecule is CCCCCCCC(=O)CCCCCC/C=C/[C@@H](C(=O)N[C@@H](Cc1ccc(-c2ccncn2)cc1)C(=O)O)[C@@](O)(CC(=O)O)C(=O)O. The second kappa shape index (κ2) is 20.6. The van der Waals surface area contributed by atoms with Gasteiger partial charge in [0, 0.05) is 31.0 Å². The van der Waals surface area contributed by atoms with Crippen LogP contribution in [0.4, 0.5) is 0 Å². The van der Waals surface area contributed by atoms with Crippen LogP contribution in [0.3, 0.4) is 0 Å². The van der Waals surface area contributed by atoms with Crippen molar-refractivity contribution in [2.24, 2.45) is 5.92 Å². The topological polar surface area (TPSA) is 204 Å². The third-order valence-corrected chi connectivity index (χ3v) is 7.94. The number of aliphatic hydroxyl groups is 1. The summed E-state index contributed by atoms with van der Waals surface area (Å²) in [7, 11) is 0. The first-order valence-corrected chi connectivity index (χ1v) is 16.2. The summed E-state index contributed by atoms with van der Waals surface area (Å²) < 4.78 is 0. The molecule has 5 N–H and O–H groups in total. The van der Waals surface area contributed by atoms with Gasteiger partial charge in [-0.1, -0.05) is 81.9 Å². The summed E-state index contributed by atoms with van der Waals surface area (Å²) in [5.74, 6) is -7.71. The lowest BCUT2D eigenvalue weighted by molar-refractivity contribution is -0.172. The number of carboxylic acids is 3. The zero-order chi connectivity index (χ0) is 34.7. The number of benzene rings is 1. The van der Waals surface area contributed by atoms with E-state index in [1.807, 2.05) is 0 Å². The summed E-state index contributed by atoms with van der Waals surface area (Å²) in [6.45, 7) is 2.15. The van der Waals surface area contributed by atoms with Crippen LogP contribution in [-0.4, -0.2) is 71.6 Å². The zero-order valence-corrected chi connectivity index (χ0v) is 27.0. The van der Waals surface area contributed by atoms with Crippen LogP contribution < -0.4 is 5.32 Å². The van der Waals surface area contributed by atoms with Gasteiger partial charge < -0.3 is 25.7 Å². The van der Waals surface area contributed by atoms with E-state index in [1.165, 1.54) is 18.8 Å². The summed E-state index contributed by atoms with van der Waals surface area (Å²) in [5.41, 5.74) is -1.05. The Morgan fingerprint density at radius 2 is 1.51 bits per heavy atom. The van der Waals surface area contributed by atoms with Gasteiger partial charge in [-0.3, -0.25) is 14.4 Å². The lowest BCUT2D eigenvalue weighted by Gasteiger charge is -2.29. The van der Waals surface area contributed by atoms with Gasteiger partial charge in [0.15, 0.2) is 5.60 Å². The molecule has 1 amide bonds. The van der Waals surface area contributed by atoms with Crippen LogP contribution in [0.1, 0.15) is 96.0 Å². The van der Waals surface area contributed by atoms with Crippen LogP contribution in [0.2, 0.25) is 0 Å². The van der Waals surface area contributed by atoms with Gasteiger partial charge in [-0.15, -0.1) is 0 Å². The van der Waals surface area contributed by atoms with E-state index in [0.717, 1.165) is 56.6 Å². The number of unbranched alkanes of at least 4 members (excludes halogenated alkanes) is 8. The molecule has 12 nitrogen and oxygen atoms in total. The number of nitrogens with zero attached hydrogens (tertiary/aromatic N) is 2. The number of nitrogens with one attached hydrogen (secondary N) is 1. The van der Waals surface area contributed by atoms with E-state index in [0.29, 0.717) is 36.9 Å². The maximum atomic E-state index is 13.3. The van der Waals surface area contributed by atoms with E-state index in [9.17, 15) is 44.4 Å². The van der Waals surface area contributed by atoms with Crippen molar-refractivity contribution in [3.8, 4) is 11.3 Å². The molecule has 0 fully saturated rings. The second-order valence-corrected chi connectivity index (χ2v) is 11.8. The maximum absolute atomic E-state index is 13.3. The first kappa shape index (κ1) is 38.7. The number of amides is 1. The first-order chi connectivity index (χ1) is 22.5. The van der Waals surface area contributed by atoms with Gasteiger partial charge in [0.1, 0.15) is 18.2 Å². The molecule has 2 aromatic rings. The van der Waals surface area contributed by atoms with Crippen molar-refractivity contribution in [1.82, 2.24) is 15.3 Å². The fourth-order valence-electron chi connectivity index (χ4n) is 5.20. The lowest BCUT2D eigenvalue weighted by Crippen LogP contribution is -2.55. The highest BCUT2D eigenvalue weighted by Gasteiger charge is 2.49. The molecule has 12 heteroatoms. The lowest BCUT2D eigenvalue weighted by atomic mass is 9.82. The largest absolute Gasteiger partial charge is 0.481 e. The van der Waals surface area contributed by atoms with Crippen molar-refractivity contribution in [1.29, 1.82) is 0 Å². The predicted molar refractivity (Wildman–Crippen MR) is 174 cm³/mol. The fraction of sp³-hybridized carbons (Fsp3) is 0.514. The minimum atomic E-state index is -3.02. The molecule has 1 aromatic carbocycles. The molecule has 0 spiro atoms. The van der Waals surface area contributed by atoms with Gasteiger partial charge in [0.25, 0.3) is 0 Å². The highest BCUT2D eigenvalue weighted by molar-refractivity contribution is 5.94. The highest BCUT2D eigenvalue weighted by atomic mass is 16.4. The van der Waals surface area contributed by atoms with Crippen molar-refractivity contribution in [2.45, 2.75) is 108 Å². The molecule has 0 aliphatic heterocycles. The third-order valence-electron chi connectivity index (χ3n) is 7.94. The number of aromatic nitrogens is 2. The van der Waals surface area contributed by atoms with Crippen LogP contribution in [0, 0.1) is 5.92 Å². The summed E-state index contributed by atoms with van der Waals surface area (Å²) in [6.07, 6.45) is 14.2. The Morgan fingerprint density at radius 1 is 0.872 bits per heavy atom. The van der Waals surface area contributed by atoms with Gasteiger partial charge in [0.2, 0.25) is 5.91 Å². The third kappa shape index (κ3) is 13.8. The molecule has 47 heavy (non-hydrogen) atoms. The van der Waals surface area contributed by atoms with Crippen LogP contribution in [0.5, 0.6) is 0 Å². The number of hydrogen-bond donors (Lipinski definition) is 5. The van der Waals surface area contributed by atoms with Crippen LogP contribution in [-0.2, 0) is 30.4 Å². The van der Waals surface area contributed by atoms with Gasteiger partial charge in [0.05, 0.1) is 18.0 Å². The molecule has 2 rings (SSSR count). The fourth-order valence-corrected chi connectivity index (χ4v) is 5.20. The molecule has 256 valence electrons. The van der Waals surface area contributed by atoms with Crippen molar-refractivity contribution in [3.05, 3.63) is 60.6 Å². The Labute approximate surface area is 275 Å². The molecular weight excluding hydrogens is 606 g/mol. The molecule has 1 aromatic heterocycles. The number of rotatable bonds is 24. The molecular formula is C35H47N3O9. The number of hydrogen-bond acceptors (Lipinski definition) is 8. The maximum Gasteiger partial charge on any atom is 0.337 e. The number of carbonyl (C=O) groups excluding carboxylic acids is 2. The Hall–Kier alpha value is -4.45. The van der Waals surface area contributed by atoms with Crippen molar-refractivity contribution in [3.63, 3.8) is 0 Å². The number of allylic oxidation sites excluding steroid dienone is 1. The van der Waals surface area contributed by atoms with E-state index in [2.05, 4.69) is 22.2 Å². The molecule has 0 radical (unpaired) electrons. The van der Waals surface area contributed by atoms with E-state index >= 15 is 0 Å². The number of Topliss-reactive ketones (excluding diaryl/α,β-unsaturated/α-hetero) is 1. The average Bonchev–Trinajstić information content (AvgIpc) is 3.03. The standard InChI is InChI=1S/C35H47N3O9/c1-2-3-4-7-10-13-27(39)14-11-8-5-6-9-12-15-28(35(47,34(45)46)23-31(40)41)32(42)38-30(33(43)44)22-25-16-18-26(19-17-25)29-20-21-36-24-37-29/h12,15-21,24,28,30,47H,2-11,13-14,22-23H2,1H3,(H,38,42)(H,40,41)(H,43,44)(H,45,46)/b15-12+/t28-,30-,35-/m0/s1. The molecule has 0 unspecified atom stereocenters. The van der Waals surface area contributed by atoms with Crippen molar-refractivity contribution >= 4 is 29.6 Å². The van der Waals surface area contributed by atoms with Crippen LogP contribution in [0.15, 0.2) is 55.0 Å². The summed E-state index contributed by atoms with van der Waals surface area (Å²) >= 11 is 0. The van der Waals surface area contributed by atoms with Crippen LogP contribution >= 0.6 is 0 Å². The molecule has 0 aliphatic carbocycles. The second-order valence-electron chi connectivity index (χ2n) is 11.8. The Bertz CT molecular complexity index is 1330. The normalized spacial score (nSPS) is 13.8. The molecule has 3 atom stereocenters. The molecule has 0 saturated heterocycles. The van der Waals surface area contributed by atoms with Crippen molar-refractivity contribution < 1.29 is 44.4 Å². The van der Waals surface area contributed by atoms with E-state index in [-0.39, 0.29) is 12.2 Å². The average molecular weight is 654 g/mol. The number of aliphatic carboxylic acids is 3. The number of ketones is 1. The van der Waals surface area contributed by atoms with Crippen molar-refractivity contribution in [2.75, 3.05) is 0 Å². The molecule has 0 saturated carbocycles. The van der Waals surface area contributed by atoms with E-state index in [1.54, 1.807) is 36.5 Å². The quantitative estimate of drug-likeness (QED) is 0.0754. The predicted octanol–water partition coefficient (Wildman–Crippen LogP) is 4.99. The van der Waals surface area contributed by atoms with E-state index < -0.39 is 47.8 Å². The summed E-state index contributed by atoms with van der Waals surface area (Å²) in [5, 5.41) is 42.1. The number of carboxylic acid groups (broad SMARTS) is 3. The minimum Gasteiger partial charge on any atom is -0.481 e. The Morgan fingerprint density at radius 3 is 2.06 bits per heavy atom. The molecule has 0 bridgehead atoms. The highest BCUT2D eigenvalue weighted by Crippen LogP contribution is 2.26. The summed E-state index contributed by atoms with van der Waals surface area (Å²) in [6, 6.07) is 7.01. The monoisotopic (exact) mass is 653 g/mol. The van der Waals surface area contributed by atoms with Gasteiger partial charge >= 0.3 is 17.9 Å². The van der Waals surface area contributed by atoms with Gasteiger partial charge in [-0.05, 0) is 37.3 Å². The molecule has 0 aliphatic rings. The van der Waals surface area contributed by atoms with Gasteiger partial charge in [-0.2, -0.15) is 0 Å².